The van der Waals surface area contributed by atoms with Crippen LogP contribution in [0.5, 0.6) is 0 Å². The van der Waals surface area contributed by atoms with Crippen molar-refractivity contribution in [3.8, 4) is 0 Å². The zero-order chi connectivity index (χ0) is 17.0. The summed E-state index contributed by atoms with van der Waals surface area (Å²) in [6, 6.07) is 6.12. The number of aryl methyl sites for hydroxylation is 1. The van der Waals surface area contributed by atoms with Crippen LogP contribution in [0.4, 0.5) is 18.9 Å². The second kappa shape index (κ2) is 6.99. The molecule has 0 bridgehead atoms. The number of hydrogen-bond acceptors (Lipinski definition) is 3. The molecule has 23 heavy (non-hydrogen) atoms. The summed E-state index contributed by atoms with van der Waals surface area (Å²) < 4.78 is 41.8. The van der Waals surface area contributed by atoms with Crippen LogP contribution in [-0.4, -0.2) is 35.4 Å². The van der Waals surface area contributed by atoms with Gasteiger partial charge in [-0.15, -0.1) is 0 Å². The molecule has 1 saturated heterocycles. The van der Waals surface area contributed by atoms with Crippen molar-refractivity contribution < 1.29 is 32.6 Å². The number of alkyl halides is 3. The fourth-order valence-electron chi connectivity index (χ4n) is 2.33. The molecule has 0 aromatic heterocycles. The molecular weight excluding hydrogens is 315 g/mol. The fourth-order valence-corrected chi connectivity index (χ4v) is 2.33. The van der Waals surface area contributed by atoms with Crippen molar-refractivity contribution in [1.82, 2.24) is 0 Å². The number of nitrogens with one attached hydrogen (secondary N) is 1. The molecule has 1 heterocycles. The van der Waals surface area contributed by atoms with E-state index < -0.39 is 36.7 Å². The molecule has 1 aliphatic heterocycles. The molecule has 2 N–H and O–H groups in total. The van der Waals surface area contributed by atoms with Gasteiger partial charge in [-0.3, -0.25) is 4.79 Å². The van der Waals surface area contributed by atoms with Gasteiger partial charge in [0.15, 0.2) is 6.10 Å². The number of benzene rings is 1. The maximum atomic E-state index is 12.2. The Labute approximate surface area is 130 Å². The van der Waals surface area contributed by atoms with Crippen LogP contribution < -0.4 is 5.32 Å². The number of carboxylic acids is 1. The number of halogens is 3. The van der Waals surface area contributed by atoms with E-state index in [-0.39, 0.29) is 19.3 Å². The number of aliphatic carboxylic acids is 1. The van der Waals surface area contributed by atoms with Crippen molar-refractivity contribution in [3.05, 3.63) is 29.8 Å². The van der Waals surface area contributed by atoms with Gasteiger partial charge in [0.1, 0.15) is 6.10 Å². The fraction of sp³-hybridized carbons (Fsp3) is 0.467. The zero-order valence-electron chi connectivity index (χ0n) is 12.1. The van der Waals surface area contributed by atoms with Crippen LogP contribution in [0.3, 0.4) is 0 Å². The van der Waals surface area contributed by atoms with E-state index in [0.29, 0.717) is 11.3 Å². The van der Waals surface area contributed by atoms with Gasteiger partial charge in [-0.25, -0.2) is 4.79 Å². The Morgan fingerprint density at radius 2 is 1.96 bits per heavy atom. The van der Waals surface area contributed by atoms with Crippen molar-refractivity contribution in [3.63, 3.8) is 0 Å². The Hall–Kier alpha value is -2.09. The van der Waals surface area contributed by atoms with Gasteiger partial charge in [-0.05, 0) is 37.0 Å². The molecule has 0 radical (unpaired) electrons. The van der Waals surface area contributed by atoms with E-state index in [2.05, 4.69) is 5.32 Å². The average molecular weight is 331 g/mol. The predicted octanol–water partition coefficient (Wildman–Crippen LogP) is 2.75. The number of carbonyl (C=O) groups excluding carboxylic acids is 1. The summed E-state index contributed by atoms with van der Waals surface area (Å²) >= 11 is 0. The van der Waals surface area contributed by atoms with Crippen molar-refractivity contribution in [2.24, 2.45) is 0 Å². The van der Waals surface area contributed by atoms with Crippen LogP contribution in [0, 0.1) is 0 Å². The molecule has 1 aromatic rings. The number of amides is 1. The summed E-state index contributed by atoms with van der Waals surface area (Å²) in [4.78, 5) is 22.8. The molecule has 1 amide bonds. The number of carbonyl (C=O) groups is 2. The normalized spacial score (nSPS) is 21.2. The van der Waals surface area contributed by atoms with Crippen molar-refractivity contribution in [2.75, 3.05) is 5.32 Å². The Bertz CT molecular complexity index is 588. The van der Waals surface area contributed by atoms with Gasteiger partial charge >= 0.3 is 12.1 Å². The highest BCUT2D eigenvalue weighted by Gasteiger charge is 2.34. The summed E-state index contributed by atoms with van der Waals surface area (Å²) in [5.41, 5.74) is 0.813. The van der Waals surface area contributed by atoms with Gasteiger partial charge in [0.2, 0.25) is 0 Å². The van der Waals surface area contributed by atoms with E-state index in [9.17, 15) is 22.8 Å². The minimum Gasteiger partial charge on any atom is -0.479 e. The van der Waals surface area contributed by atoms with Crippen molar-refractivity contribution in [2.45, 2.75) is 44.1 Å². The minimum absolute atomic E-state index is 0.172. The number of ether oxygens (including phenoxy) is 1. The lowest BCUT2D eigenvalue weighted by atomic mass is 10.1. The quantitative estimate of drug-likeness (QED) is 0.870. The summed E-state index contributed by atoms with van der Waals surface area (Å²) in [6.07, 6.45) is -6.66. The molecule has 2 rings (SSSR count). The summed E-state index contributed by atoms with van der Waals surface area (Å²) in [5, 5.41) is 11.4. The Morgan fingerprint density at radius 3 is 2.57 bits per heavy atom. The minimum atomic E-state index is -4.23. The first-order valence-electron chi connectivity index (χ1n) is 7.09. The molecule has 1 fully saturated rings. The Kier molecular flexibility index (Phi) is 5.25. The number of carboxylic acid groups (broad SMARTS) is 1. The van der Waals surface area contributed by atoms with E-state index in [1.54, 1.807) is 18.2 Å². The molecule has 5 nitrogen and oxygen atoms in total. The maximum absolute atomic E-state index is 12.2. The smallest absolute Gasteiger partial charge is 0.389 e. The molecule has 2 atom stereocenters. The van der Waals surface area contributed by atoms with Gasteiger partial charge in [0.25, 0.3) is 5.91 Å². The topological polar surface area (TPSA) is 75.6 Å². The first-order chi connectivity index (χ1) is 10.7. The standard InChI is InChI=1S/C15H16F3NO4/c16-15(17,18)7-6-9-2-1-3-10(8-9)19-13(20)11-4-5-12(23-11)14(21)22/h1-3,8,11-12H,4-7H2,(H,19,20)(H,21,22)/t11-,12+/m0/s1. The largest absolute Gasteiger partial charge is 0.479 e. The number of anilines is 1. The van der Waals surface area contributed by atoms with Gasteiger partial charge in [0, 0.05) is 12.1 Å². The number of hydrogen-bond donors (Lipinski definition) is 2. The molecule has 0 saturated carbocycles. The lowest BCUT2D eigenvalue weighted by Crippen LogP contribution is -2.29. The maximum Gasteiger partial charge on any atom is 0.389 e. The van der Waals surface area contributed by atoms with Crippen molar-refractivity contribution in [1.29, 1.82) is 0 Å². The predicted molar refractivity (Wildman–Crippen MR) is 75.0 cm³/mol. The van der Waals surface area contributed by atoms with Crippen molar-refractivity contribution >= 4 is 17.6 Å². The van der Waals surface area contributed by atoms with E-state index in [1.165, 1.54) is 6.07 Å². The SMILES string of the molecule is O=C(Nc1cccc(CCC(F)(F)F)c1)[C@@H]1CC[C@H](C(=O)O)O1. The molecule has 126 valence electrons. The zero-order valence-corrected chi connectivity index (χ0v) is 12.1. The van der Waals surface area contributed by atoms with Gasteiger partial charge < -0.3 is 15.2 Å². The third-order valence-electron chi connectivity index (χ3n) is 3.48. The van der Waals surface area contributed by atoms with E-state index in [4.69, 9.17) is 9.84 Å². The molecule has 0 spiro atoms. The lowest BCUT2D eigenvalue weighted by molar-refractivity contribution is -0.151. The first kappa shape index (κ1) is 17.3. The summed E-state index contributed by atoms with van der Waals surface area (Å²) in [6.45, 7) is 0. The van der Waals surface area contributed by atoms with Gasteiger partial charge in [-0.2, -0.15) is 13.2 Å². The Morgan fingerprint density at radius 1 is 1.26 bits per heavy atom. The van der Waals surface area contributed by atoms with Crippen LogP contribution in [0.15, 0.2) is 24.3 Å². The van der Waals surface area contributed by atoms with Crippen LogP contribution in [0.2, 0.25) is 0 Å². The molecular formula is C15H16F3NO4. The highest BCUT2D eigenvalue weighted by atomic mass is 19.4. The monoisotopic (exact) mass is 331 g/mol. The van der Waals surface area contributed by atoms with E-state index in [0.717, 1.165) is 0 Å². The summed E-state index contributed by atoms with van der Waals surface area (Å²) in [5.74, 6) is -1.61. The average Bonchev–Trinajstić information content (AvgIpc) is 2.95. The third kappa shape index (κ3) is 5.24. The molecule has 0 unspecified atom stereocenters. The van der Waals surface area contributed by atoms with E-state index >= 15 is 0 Å². The van der Waals surface area contributed by atoms with Gasteiger partial charge in [-0.1, -0.05) is 12.1 Å². The van der Waals surface area contributed by atoms with Gasteiger partial charge in [0.05, 0.1) is 0 Å². The lowest BCUT2D eigenvalue weighted by Gasteiger charge is -2.13. The van der Waals surface area contributed by atoms with Crippen LogP contribution >= 0.6 is 0 Å². The Balaban J connectivity index is 1.92. The molecule has 1 aromatic carbocycles. The summed E-state index contributed by atoms with van der Waals surface area (Å²) in [7, 11) is 0. The number of rotatable bonds is 5. The van der Waals surface area contributed by atoms with E-state index in [1.807, 2.05) is 0 Å². The first-order valence-corrected chi connectivity index (χ1v) is 7.09. The van der Waals surface area contributed by atoms with Crippen LogP contribution in [0.1, 0.15) is 24.8 Å². The van der Waals surface area contributed by atoms with Crippen LogP contribution in [0.25, 0.3) is 0 Å². The molecule has 1 aliphatic rings. The second-order valence-corrected chi connectivity index (χ2v) is 5.33. The third-order valence-corrected chi connectivity index (χ3v) is 3.48. The highest BCUT2D eigenvalue weighted by molar-refractivity contribution is 5.94. The second-order valence-electron chi connectivity index (χ2n) is 5.33. The molecule has 0 aliphatic carbocycles. The molecule has 8 heteroatoms. The highest BCUT2D eigenvalue weighted by Crippen LogP contribution is 2.24. The van der Waals surface area contributed by atoms with Crippen LogP contribution in [-0.2, 0) is 20.7 Å².